The maximum atomic E-state index is 14.0. The van der Waals surface area contributed by atoms with Crippen molar-refractivity contribution >= 4 is 17.8 Å². The summed E-state index contributed by atoms with van der Waals surface area (Å²) in [6.45, 7) is 4.71. The topological polar surface area (TPSA) is 90.8 Å². The third-order valence-corrected chi connectivity index (χ3v) is 7.04. The van der Waals surface area contributed by atoms with E-state index in [4.69, 9.17) is 0 Å². The van der Waals surface area contributed by atoms with Crippen LogP contribution in [0.3, 0.4) is 0 Å². The van der Waals surface area contributed by atoms with Crippen LogP contribution in [0.4, 0.5) is 0 Å². The van der Waals surface area contributed by atoms with Gasteiger partial charge >= 0.3 is 5.97 Å². The fourth-order valence-corrected chi connectivity index (χ4v) is 4.91. The second-order valence-electron chi connectivity index (χ2n) is 10.2. The molecule has 0 saturated heterocycles. The lowest BCUT2D eigenvalue weighted by Gasteiger charge is -2.27. The van der Waals surface area contributed by atoms with Crippen LogP contribution in [0.5, 0.6) is 0 Å². The first-order valence-electron chi connectivity index (χ1n) is 13.7. The Morgan fingerprint density at radius 2 is 1.37 bits per heavy atom. The van der Waals surface area contributed by atoms with Crippen molar-refractivity contribution in [1.29, 1.82) is 0 Å². The molecule has 1 N–H and O–H groups in total. The molecule has 1 heterocycles. The van der Waals surface area contributed by atoms with E-state index in [1.54, 1.807) is 41.1 Å². The Morgan fingerprint density at radius 3 is 1.98 bits per heavy atom. The molecule has 4 rings (SSSR count). The summed E-state index contributed by atoms with van der Waals surface area (Å²) >= 11 is 0. The molecular formula is C34H35N3O4. The number of nitrogens with zero attached hydrogens (tertiary/aromatic N) is 3. The Hall–Kier alpha value is -4.78. The fourth-order valence-electron chi connectivity index (χ4n) is 4.91. The van der Waals surface area contributed by atoms with E-state index in [9.17, 15) is 19.5 Å². The molecule has 0 radical (unpaired) electrons. The molecule has 3 aromatic carbocycles. The zero-order chi connectivity index (χ0) is 29.4. The number of pyridine rings is 1. The van der Waals surface area contributed by atoms with Crippen LogP contribution in [0.15, 0.2) is 97.1 Å². The van der Waals surface area contributed by atoms with Crippen molar-refractivity contribution in [3.63, 3.8) is 0 Å². The molecule has 2 amide bonds. The highest BCUT2D eigenvalue weighted by Crippen LogP contribution is 2.30. The number of carbonyl (C=O) groups excluding carboxylic acids is 2. The van der Waals surface area contributed by atoms with Gasteiger partial charge in [-0.3, -0.25) is 19.4 Å². The molecule has 0 saturated carbocycles. The van der Waals surface area contributed by atoms with Gasteiger partial charge in [0.05, 0.1) is 18.7 Å². The summed E-state index contributed by atoms with van der Waals surface area (Å²) in [4.78, 5) is 46.9. The van der Waals surface area contributed by atoms with Crippen LogP contribution >= 0.6 is 0 Å². The number of benzene rings is 3. The van der Waals surface area contributed by atoms with Gasteiger partial charge in [-0.05, 0) is 53.8 Å². The van der Waals surface area contributed by atoms with E-state index in [0.717, 1.165) is 17.0 Å². The average Bonchev–Trinajstić information content (AvgIpc) is 2.98. The largest absolute Gasteiger partial charge is 0.481 e. The molecule has 4 aromatic rings. The molecule has 41 heavy (non-hydrogen) atoms. The van der Waals surface area contributed by atoms with Crippen LogP contribution in [-0.4, -0.2) is 57.8 Å². The summed E-state index contributed by atoms with van der Waals surface area (Å²) < 4.78 is 0. The van der Waals surface area contributed by atoms with Crippen molar-refractivity contribution in [3.05, 3.63) is 125 Å². The summed E-state index contributed by atoms with van der Waals surface area (Å²) in [5, 5.41) is 9.38. The van der Waals surface area contributed by atoms with Crippen molar-refractivity contribution in [2.24, 2.45) is 0 Å². The van der Waals surface area contributed by atoms with Gasteiger partial charge in [-0.1, -0.05) is 79.7 Å². The number of aromatic nitrogens is 1. The van der Waals surface area contributed by atoms with Crippen molar-refractivity contribution in [2.45, 2.75) is 32.7 Å². The van der Waals surface area contributed by atoms with Gasteiger partial charge < -0.3 is 14.9 Å². The zero-order valence-electron chi connectivity index (χ0n) is 23.7. The van der Waals surface area contributed by atoms with E-state index in [1.807, 2.05) is 86.6 Å². The van der Waals surface area contributed by atoms with Crippen LogP contribution in [0, 0.1) is 6.92 Å². The molecule has 7 heteroatoms. The molecule has 7 nitrogen and oxygen atoms in total. The number of carbonyl (C=O) groups is 3. The Bertz CT molecular complexity index is 1520. The molecule has 1 aromatic heterocycles. The van der Waals surface area contributed by atoms with Crippen molar-refractivity contribution in [1.82, 2.24) is 14.8 Å². The first kappa shape index (κ1) is 29.2. The number of carboxylic acids is 1. The maximum absolute atomic E-state index is 14.0. The molecular weight excluding hydrogens is 514 g/mol. The standard InChI is InChI=1S/C34H35N3O4/c1-24(26-13-5-4-6-14-26)22-37(21-20-32(38)39)34(41)31-19-10-8-17-29(31)28-16-7-9-18-30(28)33(40)36(3)23-27-15-11-12-25(2)35-27/h4-19,24H,20-23H2,1-3H3,(H,38,39). The van der Waals surface area contributed by atoms with Crippen LogP contribution in [0.2, 0.25) is 0 Å². The van der Waals surface area contributed by atoms with Gasteiger partial charge in [0.25, 0.3) is 11.8 Å². The Balaban J connectivity index is 1.66. The molecule has 0 aliphatic rings. The molecule has 0 fully saturated rings. The first-order valence-corrected chi connectivity index (χ1v) is 13.7. The van der Waals surface area contributed by atoms with Crippen molar-refractivity contribution in [2.75, 3.05) is 20.1 Å². The molecule has 210 valence electrons. The highest BCUT2D eigenvalue weighted by molar-refractivity contribution is 6.06. The van der Waals surface area contributed by atoms with Crippen LogP contribution in [-0.2, 0) is 11.3 Å². The molecule has 0 bridgehead atoms. The average molecular weight is 550 g/mol. The van der Waals surface area contributed by atoms with Gasteiger partial charge in [0, 0.05) is 37.0 Å². The van der Waals surface area contributed by atoms with Crippen LogP contribution in [0.1, 0.15) is 56.9 Å². The molecule has 0 aliphatic heterocycles. The Labute approximate surface area is 241 Å². The van der Waals surface area contributed by atoms with Crippen LogP contribution in [0.25, 0.3) is 11.1 Å². The second-order valence-corrected chi connectivity index (χ2v) is 10.2. The van der Waals surface area contributed by atoms with E-state index in [-0.39, 0.29) is 30.7 Å². The van der Waals surface area contributed by atoms with Crippen molar-refractivity contribution < 1.29 is 19.5 Å². The van der Waals surface area contributed by atoms with E-state index >= 15 is 0 Å². The van der Waals surface area contributed by atoms with E-state index in [1.165, 1.54) is 0 Å². The van der Waals surface area contributed by atoms with Gasteiger partial charge in [0.1, 0.15) is 0 Å². The third kappa shape index (κ3) is 7.45. The quantitative estimate of drug-likeness (QED) is 0.246. The maximum Gasteiger partial charge on any atom is 0.305 e. The highest BCUT2D eigenvalue weighted by Gasteiger charge is 2.25. The molecule has 1 unspecified atom stereocenters. The Morgan fingerprint density at radius 1 is 0.780 bits per heavy atom. The van der Waals surface area contributed by atoms with Gasteiger partial charge in [-0.25, -0.2) is 0 Å². The van der Waals surface area contributed by atoms with Gasteiger partial charge in [-0.2, -0.15) is 0 Å². The molecule has 0 spiro atoms. The smallest absolute Gasteiger partial charge is 0.305 e. The lowest BCUT2D eigenvalue weighted by atomic mass is 9.93. The number of rotatable bonds is 11. The normalized spacial score (nSPS) is 11.5. The van der Waals surface area contributed by atoms with Gasteiger partial charge in [0.15, 0.2) is 0 Å². The van der Waals surface area contributed by atoms with Gasteiger partial charge in [0.2, 0.25) is 0 Å². The third-order valence-electron chi connectivity index (χ3n) is 7.04. The second kappa shape index (κ2) is 13.5. The highest BCUT2D eigenvalue weighted by atomic mass is 16.4. The summed E-state index contributed by atoms with van der Waals surface area (Å²) in [6, 6.07) is 30.0. The summed E-state index contributed by atoms with van der Waals surface area (Å²) in [7, 11) is 1.73. The van der Waals surface area contributed by atoms with Gasteiger partial charge in [-0.15, -0.1) is 0 Å². The van der Waals surface area contributed by atoms with E-state index < -0.39 is 5.97 Å². The minimum absolute atomic E-state index is 0.00106. The Kier molecular flexibility index (Phi) is 9.64. The number of carboxylic acid groups (broad SMARTS) is 1. The molecule has 0 aliphatic carbocycles. The minimum atomic E-state index is -0.967. The lowest BCUT2D eigenvalue weighted by molar-refractivity contribution is -0.137. The summed E-state index contributed by atoms with van der Waals surface area (Å²) in [6.07, 6.45) is -0.164. The number of aliphatic carboxylic acids is 1. The van der Waals surface area contributed by atoms with Crippen LogP contribution < -0.4 is 0 Å². The lowest BCUT2D eigenvalue weighted by Crippen LogP contribution is -2.36. The first-order chi connectivity index (χ1) is 19.7. The minimum Gasteiger partial charge on any atom is -0.481 e. The summed E-state index contributed by atoms with van der Waals surface area (Å²) in [5.74, 6) is -1.43. The molecule has 1 atom stereocenters. The number of hydrogen-bond donors (Lipinski definition) is 1. The monoisotopic (exact) mass is 549 g/mol. The van der Waals surface area contributed by atoms with Crippen molar-refractivity contribution in [3.8, 4) is 11.1 Å². The predicted molar refractivity (Wildman–Crippen MR) is 160 cm³/mol. The summed E-state index contributed by atoms with van der Waals surface area (Å²) in [5.41, 5.74) is 4.88. The SMILES string of the molecule is Cc1cccc(CN(C)C(=O)c2ccccc2-c2ccccc2C(=O)N(CCC(=O)O)CC(C)c2ccccc2)n1. The zero-order valence-corrected chi connectivity index (χ0v) is 23.7. The fraction of sp³-hybridized carbons (Fsp3) is 0.235. The predicted octanol–water partition coefficient (Wildman–Crippen LogP) is 6.05. The van der Waals surface area contributed by atoms with E-state index in [2.05, 4.69) is 4.98 Å². The number of amides is 2. The number of aryl methyl sites for hydroxylation is 1. The number of hydrogen-bond acceptors (Lipinski definition) is 4. The van der Waals surface area contributed by atoms with E-state index in [0.29, 0.717) is 35.3 Å².